The highest BCUT2D eigenvalue weighted by molar-refractivity contribution is 5.67. The maximum atomic E-state index is 11.5. The van der Waals surface area contributed by atoms with Crippen molar-refractivity contribution in [1.82, 2.24) is 15.3 Å². The summed E-state index contributed by atoms with van der Waals surface area (Å²) in [5.41, 5.74) is 1.93. The number of carbonyl (C=O) groups is 1. The van der Waals surface area contributed by atoms with Crippen molar-refractivity contribution in [2.75, 3.05) is 18.4 Å². The monoisotopic (exact) mass is 306 g/mol. The van der Waals surface area contributed by atoms with Gasteiger partial charge in [-0.3, -0.25) is 0 Å². The number of nitrogens with one attached hydrogen (secondary N) is 2. The number of hydrogen-bond donors (Lipinski definition) is 2. The van der Waals surface area contributed by atoms with E-state index in [0.29, 0.717) is 25.0 Å². The second-order valence-corrected chi connectivity index (χ2v) is 6.87. The summed E-state index contributed by atoms with van der Waals surface area (Å²) in [4.78, 5) is 20.4. The highest BCUT2D eigenvalue weighted by Crippen LogP contribution is 2.23. The van der Waals surface area contributed by atoms with Crippen LogP contribution in [0.3, 0.4) is 0 Å². The van der Waals surface area contributed by atoms with Gasteiger partial charge in [0.2, 0.25) is 5.95 Å². The predicted molar refractivity (Wildman–Crippen MR) is 85.9 cm³/mol. The first-order valence-electron chi connectivity index (χ1n) is 7.89. The van der Waals surface area contributed by atoms with Crippen LogP contribution in [0.4, 0.5) is 10.7 Å². The minimum Gasteiger partial charge on any atom is -0.444 e. The van der Waals surface area contributed by atoms with Crippen molar-refractivity contribution in [1.29, 1.82) is 0 Å². The molecule has 1 unspecified atom stereocenters. The maximum absolute atomic E-state index is 11.5. The number of nitrogens with zero attached hydrogens (tertiary/aromatic N) is 2. The zero-order valence-electron chi connectivity index (χ0n) is 13.9. The first-order chi connectivity index (χ1) is 10.3. The number of aryl methyl sites for hydroxylation is 1. The van der Waals surface area contributed by atoms with E-state index in [0.717, 1.165) is 18.5 Å². The second kappa shape index (κ2) is 6.94. The molecule has 2 N–H and O–H groups in total. The number of alkyl carbamates (subject to hydrolysis) is 1. The smallest absolute Gasteiger partial charge is 0.407 e. The number of rotatable bonds is 4. The molecule has 0 saturated heterocycles. The van der Waals surface area contributed by atoms with Gasteiger partial charge in [0.1, 0.15) is 5.60 Å². The number of fused-ring (bicyclic) bond motifs is 1. The van der Waals surface area contributed by atoms with E-state index in [1.54, 1.807) is 0 Å². The highest BCUT2D eigenvalue weighted by atomic mass is 16.6. The summed E-state index contributed by atoms with van der Waals surface area (Å²) in [6.07, 6.45) is 4.78. The minimum atomic E-state index is -0.476. The first-order valence-corrected chi connectivity index (χ1v) is 7.89. The highest BCUT2D eigenvalue weighted by Gasteiger charge is 2.17. The number of carbonyl (C=O) groups excluding carboxylic acids is 1. The Balaban J connectivity index is 1.75. The molecule has 122 valence electrons. The molecule has 1 amide bonds. The summed E-state index contributed by atoms with van der Waals surface area (Å²) in [7, 11) is 0. The Labute approximate surface area is 132 Å². The van der Waals surface area contributed by atoms with Crippen LogP contribution in [0.5, 0.6) is 0 Å². The predicted octanol–water partition coefficient (Wildman–Crippen LogP) is 2.54. The number of ether oxygens (including phenoxy) is 1. The SMILES string of the molecule is CC1CCc2nc(NCCNC(=O)OC(C)(C)C)ncc2C1. The largest absolute Gasteiger partial charge is 0.444 e. The van der Waals surface area contributed by atoms with E-state index in [-0.39, 0.29) is 0 Å². The molecule has 0 radical (unpaired) electrons. The summed E-state index contributed by atoms with van der Waals surface area (Å²) in [5, 5.41) is 5.83. The molecule has 1 aliphatic carbocycles. The van der Waals surface area contributed by atoms with Crippen molar-refractivity contribution in [3.8, 4) is 0 Å². The van der Waals surface area contributed by atoms with Gasteiger partial charge in [0.25, 0.3) is 0 Å². The second-order valence-electron chi connectivity index (χ2n) is 6.87. The van der Waals surface area contributed by atoms with Crippen LogP contribution in [0.15, 0.2) is 6.20 Å². The summed E-state index contributed by atoms with van der Waals surface area (Å²) in [5.74, 6) is 1.34. The lowest BCUT2D eigenvalue weighted by molar-refractivity contribution is 0.0530. The van der Waals surface area contributed by atoms with Crippen molar-refractivity contribution >= 4 is 12.0 Å². The van der Waals surface area contributed by atoms with E-state index in [4.69, 9.17) is 4.74 Å². The Morgan fingerprint density at radius 3 is 2.91 bits per heavy atom. The van der Waals surface area contributed by atoms with Gasteiger partial charge in [0.15, 0.2) is 0 Å². The van der Waals surface area contributed by atoms with Gasteiger partial charge in [0.05, 0.1) is 0 Å². The molecule has 6 heteroatoms. The van der Waals surface area contributed by atoms with Gasteiger partial charge in [-0.15, -0.1) is 0 Å². The molecule has 0 fully saturated rings. The van der Waals surface area contributed by atoms with Crippen LogP contribution in [0.25, 0.3) is 0 Å². The number of anilines is 1. The molecular weight excluding hydrogens is 280 g/mol. The van der Waals surface area contributed by atoms with Crippen LogP contribution >= 0.6 is 0 Å². The number of amides is 1. The lowest BCUT2D eigenvalue weighted by Crippen LogP contribution is -2.35. The molecule has 0 saturated carbocycles. The van der Waals surface area contributed by atoms with Crippen LogP contribution in [-0.2, 0) is 17.6 Å². The fourth-order valence-electron chi connectivity index (χ4n) is 2.43. The molecule has 1 heterocycles. The van der Waals surface area contributed by atoms with Gasteiger partial charge in [0, 0.05) is 25.0 Å². The lowest BCUT2D eigenvalue weighted by atomic mass is 9.89. The van der Waals surface area contributed by atoms with Gasteiger partial charge in [-0.25, -0.2) is 14.8 Å². The summed E-state index contributed by atoms with van der Waals surface area (Å²) in [6.45, 7) is 8.81. The van der Waals surface area contributed by atoms with E-state index in [9.17, 15) is 4.79 Å². The first kappa shape index (κ1) is 16.5. The van der Waals surface area contributed by atoms with Crippen molar-refractivity contribution in [3.63, 3.8) is 0 Å². The summed E-state index contributed by atoms with van der Waals surface area (Å²) < 4.78 is 5.17. The Morgan fingerprint density at radius 1 is 1.41 bits per heavy atom. The third-order valence-corrected chi connectivity index (χ3v) is 3.47. The number of hydrogen-bond acceptors (Lipinski definition) is 5. The Kier molecular flexibility index (Phi) is 5.21. The van der Waals surface area contributed by atoms with Crippen LogP contribution in [0.2, 0.25) is 0 Å². The van der Waals surface area contributed by atoms with Gasteiger partial charge < -0.3 is 15.4 Å². The summed E-state index contributed by atoms with van der Waals surface area (Å²) >= 11 is 0. The average molecular weight is 306 g/mol. The summed E-state index contributed by atoms with van der Waals surface area (Å²) in [6, 6.07) is 0. The Bertz CT molecular complexity index is 525. The van der Waals surface area contributed by atoms with Crippen LogP contribution in [0, 0.1) is 5.92 Å². The van der Waals surface area contributed by atoms with Gasteiger partial charge >= 0.3 is 6.09 Å². The van der Waals surface area contributed by atoms with Crippen LogP contribution in [-0.4, -0.2) is 34.8 Å². The van der Waals surface area contributed by atoms with E-state index < -0.39 is 11.7 Å². The molecule has 0 spiro atoms. The molecule has 1 aromatic rings. The fraction of sp³-hybridized carbons (Fsp3) is 0.688. The lowest BCUT2D eigenvalue weighted by Gasteiger charge is -2.21. The quantitative estimate of drug-likeness (QED) is 0.836. The molecule has 22 heavy (non-hydrogen) atoms. The van der Waals surface area contributed by atoms with E-state index >= 15 is 0 Å². The van der Waals surface area contributed by atoms with Crippen LogP contribution < -0.4 is 10.6 Å². The van der Waals surface area contributed by atoms with Gasteiger partial charge in [-0.1, -0.05) is 6.92 Å². The molecule has 1 aromatic heterocycles. The van der Waals surface area contributed by atoms with Gasteiger partial charge in [-0.05, 0) is 51.5 Å². The van der Waals surface area contributed by atoms with Crippen molar-refractivity contribution in [2.24, 2.45) is 5.92 Å². The van der Waals surface area contributed by atoms with E-state index in [1.807, 2.05) is 27.0 Å². The minimum absolute atomic E-state index is 0.408. The topological polar surface area (TPSA) is 76.1 Å². The molecule has 0 bridgehead atoms. The van der Waals surface area contributed by atoms with Crippen molar-refractivity contribution in [3.05, 3.63) is 17.5 Å². The van der Waals surface area contributed by atoms with Gasteiger partial charge in [-0.2, -0.15) is 0 Å². The van der Waals surface area contributed by atoms with Crippen molar-refractivity contribution < 1.29 is 9.53 Å². The number of aromatic nitrogens is 2. The standard InChI is InChI=1S/C16H26N4O2/c1-11-5-6-13-12(9-11)10-19-14(20-13)17-7-8-18-15(21)22-16(2,3)4/h10-11H,5-9H2,1-4H3,(H,18,21)(H,17,19,20). The molecule has 0 aliphatic heterocycles. The molecular formula is C16H26N4O2. The molecule has 2 rings (SSSR count). The average Bonchev–Trinajstić information content (AvgIpc) is 2.41. The van der Waals surface area contributed by atoms with Crippen LogP contribution in [0.1, 0.15) is 45.4 Å². The third-order valence-electron chi connectivity index (χ3n) is 3.47. The fourth-order valence-corrected chi connectivity index (χ4v) is 2.43. The molecule has 0 aromatic carbocycles. The Morgan fingerprint density at radius 2 is 2.18 bits per heavy atom. The zero-order valence-corrected chi connectivity index (χ0v) is 13.9. The molecule has 6 nitrogen and oxygen atoms in total. The molecule has 1 atom stereocenters. The normalized spacial score (nSPS) is 17.5. The maximum Gasteiger partial charge on any atom is 0.407 e. The Hall–Kier alpha value is -1.85. The zero-order chi connectivity index (χ0) is 16.2. The van der Waals surface area contributed by atoms with E-state index in [2.05, 4.69) is 27.5 Å². The van der Waals surface area contributed by atoms with Crippen molar-refractivity contribution in [2.45, 2.75) is 52.6 Å². The van der Waals surface area contributed by atoms with E-state index in [1.165, 1.54) is 12.0 Å². The molecule has 1 aliphatic rings. The third kappa shape index (κ3) is 5.16.